The molecule has 7 nitrogen and oxygen atoms in total. The molecule has 3 aromatic rings. The van der Waals surface area contributed by atoms with Crippen molar-refractivity contribution in [2.45, 2.75) is 13.5 Å². The van der Waals surface area contributed by atoms with Crippen LogP contribution in [0.25, 0.3) is 11.3 Å². The summed E-state index contributed by atoms with van der Waals surface area (Å²) >= 11 is 0. The van der Waals surface area contributed by atoms with Gasteiger partial charge in [0.15, 0.2) is 5.76 Å². The number of nitrogens with zero attached hydrogens (tertiary/aromatic N) is 2. The third-order valence-electron chi connectivity index (χ3n) is 3.54. The minimum absolute atomic E-state index is 0.0211. The van der Waals surface area contributed by atoms with E-state index in [9.17, 15) is 4.79 Å². The number of rotatable bonds is 7. The van der Waals surface area contributed by atoms with Crippen LogP contribution in [0, 0.1) is 0 Å². The number of benzene rings is 1. The summed E-state index contributed by atoms with van der Waals surface area (Å²) in [7, 11) is 1.60. The van der Waals surface area contributed by atoms with E-state index in [2.05, 4.69) is 10.1 Å². The Bertz CT molecular complexity index is 891. The second-order valence-corrected chi connectivity index (χ2v) is 5.28. The predicted octanol–water partition coefficient (Wildman–Crippen LogP) is 3.50. The van der Waals surface area contributed by atoms with Crippen molar-refractivity contribution in [2.24, 2.45) is 0 Å². The van der Waals surface area contributed by atoms with Crippen LogP contribution in [0.15, 0.2) is 53.2 Å². The van der Waals surface area contributed by atoms with Gasteiger partial charge in [-0.2, -0.15) is 0 Å². The molecule has 0 bridgehead atoms. The molecule has 0 fully saturated rings. The van der Waals surface area contributed by atoms with Crippen LogP contribution in [0.3, 0.4) is 0 Å². The topological polar surface area (TPSA) is 83.7 Å². The van der Waals surface area contributed by atoms with Gasteiger partial charge in [-0.1, -0.05) is 17.3 Å². The number of pyridine rings is 1. The SMILES string of the molecule is CCOc1ncccc1C(=O)OCc1cc(-c2cccc(OC)c2)on1. The molecule has 0 saturated heterocycles. The quantitative estimate of drug-likeness (QED) is 0.600. The standard InChI is InChI=1S/C19H18N2O5/c1-3-24-18-16(8-5-9-20-18)19(22)25-12-14-11-17(26-21-14)13-6-4-7-15(10-13)23-2/h4-11H,3,12H2,1-2H3. The minimum atomic E-state index is -0.535. The van der Waals surface area contributed by atoms with E-state index in [-0.39, 0.29) is 18.1 Å². The summed E-state index contributed by atoms with van der Waals surface area (Å²) in [6.07, 6.45) is 1.56. The van der Waals surface area contributed by atoms with Crippen molar-refractivity contribution in [3.63, 3.8) is 0 Å². The van der Waals surface area contributed by atoms with E-state index < -0.39 is 5.97 Å². The fraction of sp³-hybridized carbons (Fsp3) is 0.211. The van der Waals surface area contributed by atoms with Crippen LogP contribution in [0.2, 0.25) is 0 Å². The third-order valence-corrected chi connectivity index (χ3v) is 3.54. The number of esters is 1. The molecule has 1 aromatic carbocycles. The fourth-order valence-corrected chi connectivity index (χ4v) is 2.31. The first-order chi connectivity index (χ1) is 12.7. The highest BCUT2D eigenvalue weighted by Gasteiger charge is 2.16. The molecule has 134 valence electrons. The minimum Gasteiger partial charge on any atom is -0.497 e. The predicted molar refractivity (Wildman–Crippen MR) is 93.0 cm³/mol. The molecule has 0 radical (unpaired) electrons. The Labute approximate surface area is 150 Å². The molecule has 7 heteroatoms. The zero-order valence-corrected chi connectivity index (χ0v) is 14.5. The smallest absolute Gasteiger partial charge is 0.344 e. The summed E-state index contributed by atoms with van der Waals surface area (Å²) in [4.78, 5) is 16.3. The summed E-state index contributed by atoms with van der Waals surface area (Å²) in [6, 6.07) is 12.4. The van der Waals surface area contributed by atoms with Crippen molar-refractivity contribution < 1.29 is 23.5 Å². The molecule has 0 unspecified atom stereocenters. The molecule has 0 aliphatic heterocycles. The van der Waals surface area contributed by atoms with E-state index in [0.717, 1.165) is 5.56 Å². The van der Waals surface area contributed by atoms with Gasteiger partial charge < -0.3 is 18.7 Å². The van der Waals surface area contributed by atoms with Crippen LogP contribution in [0.1, 0.15) is 23.0 Å². The Morgan fingerprint density at radius 1 is 1.19 bits per heavy atom. The highest BCUT2D eigenvalue weighted by atomic mass is 16.5. The summed E-state index contributed by atoms with van der Waals surface area (Å²) in [5, 5.41) is 3.93. The summed E-state index contributed by atoms with van der Waals surface area (Å²) < 4.78 is 21.1. The average molecular weight is 354 g/mol. The van der Waals surface area contributed by atoms with Gasteiger partial charge in [0.25, 0.3) is 0 Å². The van der Waals surface area contributed by atoms with E-state index in [4.69, 9.17) is 18.7 Å². The van der Waals surface area contributed by atoms with Gasteiger partial charge in [-0.25, -0.2) is 9.78 Å². The molecule has 0 aliphatic carbocycles. The monoisotopic (exact) mass is 354 g/mol. The number of aromatic nitrogens is 2. The number of carbonyl (C=O) groups excluding carboxylic acids is 1. The van der Waals surface area contributed by atoms with Crippen LogP contribution in [-0.2, 0) is 11.3 Å². The van der Waals surface area contributed by atoms with Crippen LogP contribution in [0.4, 0.5) is 0 Å². The van der Waals surface area contributed by atoms with Crippen molar-refractivity contribution in [3.8, 4) is 23.0 Å². The van der Waals surface area contributed by atoms with Gasteiger partial charge in [0.2, 0.25) is 5.88 Å². The number of methoxy groups -OCH3 is 1. The lowest BCUT2D eigenvalue weighted by molar-refractivity contribution is 0.0459. The van der Waals surface area contributed by atoms with Crippen molar-refractivity contribution in [3.05, 3.63) is 59.9 Å². The summed E-state index contributed by atoms with van der Waals surface area (Å²) in [6.45, 7) is 2.20. The van der Waals surface area contributed by atoms with Crippen molar-refractivity contribution in [1.29, 1.82) is 0 Å². The lowest BCUT2D eigenvalue weighted by Crippen LogP contribution is -2.09. The Hall–Kier alpha value is -3.35. The van der Waals surface area contributed by atoms with Crippen LogP contribution in [-0.4, -0.2) is 29.8 Å². The molecule has 26 heavy (non-hydrogen) atoms. The molecule has 0 saturated carbocycles. The third kappa shape index (κ3) is 4.00. The maximum absolute atomic E-state index is 12.3. The first kappa shape index (κ1) is 17.5. The second-order valence-electron chi connectivity index (χ2n) is 5.28. The van der Waals surface area contributed by atoms with E-state index in [1.54, 1.807) is 31.5 Å². The molecule has 0 aliphatic rings. The number of carbonyl (C=O) groups is 1. The molecule has 2 aromatic heterocycles. The van der Waals surface area contributed by atoms with Crippen molar-refractivity contribution in [2.75, 3.05) is 13.7 Å². The van der Waals surface area contributed by atoms with Gasteiger partial charge in [-0.05, 0) is 31.2 Å². The molecule has 2 heterocycles. The first-order valence-corrected chi connectivity index (χ1v) is 8.06. The number of hydrogen-bond acceptors (Lipinski definition) is 7. The lowest BCUT2D eigenvalue weighted by atomic mass is 10.1. The Kier molecular flexibility index (Phi) is 5.48. The van der Waals surface area contributed by atoms with Gasteiger partial charge in [-0.15, -0.1) is 0 Å². The largest absolute Gasteiger partial charge is 0.497 e. The van der Waals surface area contributed by atoms with E-state index >= 15 is 0 Å². The van der Waals surface area contributed by atoms with Crippen molar-refractivity contribution in [1.82, 2.24) is 10.1 Å². The van der Waals surface area contributed by atoms with Gasteiger partial charge in [0.05, 0.1) is 13.7 Å². The Morgan fingerprint density at radius 2 is 2.08 bits per heavy atom. The molecular formula is C19H18N2O5. The van der Waals surface area contributed by atoms with E-state index in [0.29, 0.717) is 23.8 Å². The fourth-order valence-electron chi connectivity index (χ4n) is 2.31. The van der Waals surface area contributed by atoms with E-state index in [1.807, 2.05) is 31.2 Å². The van der Waals surface area contributed by atoms with Crippen LogP contribution < -0.4 is 9.47 Å². The highest BCUT2D eigenvalue weighted by Crippen LogP contribution is 2.25. The number of ether oxygens (including phenoxy) is 3. The lowest BCUT2D eigenvalue weighted by Gasteiger charge is -2.07. The van der Waals surface area contributed by atoms with Crippen LogP contribution >= 0.6 is 0 Å². The zero-order chi connectivity index (χ0) is 18.4. The zero-order valence-electron chi connectivity index (χ0n) is 14.5. The molecule has 0 amide bonds. The normalized spacial score (nSPS) is 10.4. The maximum atomic E-state index is 12.3. The van der Waals surface area contributed by atoms with Gasteiger partial charge in [0.1, 0.15) is 23.6 Å². The first-order valence-electron chi connectivity index (χ1n) is 8.06. The molecule has 0 atom stereocenters. The van der Waals surface area contributed by atoms with Crippen LogP contribution in [0.5, 0.6) is 11.6 Å². The summed E-state index contributed by atoms with van der Waals surface area (Å²) in [5.41, 5.74) is 1.59. The molecular weight excluding hydrogens is 336 g/mol. The average Bonchev–Trinajstić information content (AvgIpc) is 3.16. The number of hydrogen-bond donors (Lipinski definition) is 0. The molecule has 3 rings (SSSR count). The van der Waals surface area contributed by atoms with Gasteiger partial charge in [0, 0.05) is 17.8 Å². The van der Waals surface area contributed by atoms with Crippen molar-refractivity contribution >= 4 is 5.97 Å². The Balaban J connectivity index is 1.67. The molecule has 0 N–H and O–H groups in total. The van der Waals surface area contributed by atoms with Gasteiger partial charge in [-0.3, -0.25) is 0 Å². The summed E-state index contributed by atoms with van der Waals surface area (Å²) in [5.74, 6) is 0.989. The van der Waals surface area contributed by atoms with E-state index in [1.165, 1.54) is 0 Å². The second kappa shape index (κ2) is 8.15. The Morgan fingerprint density at radius 3 is 2.88 bits per heavy atom. The highest BCUT2D eigenvalue weighted by molar-refractivity contribution is 5.91. The van der Waals surface area contributed by atoms with Gasteiger partial charge >= 0.3 is 5.97 Å². The maximum Gasteiger partial charge on any atom is 0.344 e. The molecule has 0 spiro atoms.